The van der Waals surface area contributed by atoms with Crippen LogP contribution < -0.4 is 0 Å². The third-order valence-corrected chi connectivity index (χ3v) is 9.25. The predicted octanol–water partition coefficient (Wildman–Crippen LogP) is 6.63. The minimum Gasteiger partial charge on any atom is -0.457 e. The third kappa shape index (κ3) is 24.1. The highest BCUT2D eigenvalue weighted by molar-refractivity contribution is 7.47. The third-order valence-electron chi connectivity index (χ3n) is 8.26. The summed E-state index contributed by atoms with van der Waals surface area (Å²) in [7, 11) is -5.04. The fourth-order valence-electron chi connectivity index (χ4n) is 5.19. The van der Waals surface area contributed by atoms with Crippen LogP contribution >= 0.6 is 7.82 Å². The highest BCUT2D eigenvalue weighted by Crippen LogP contribution is 2.47. The second-order valence-electron chi connectivity index (χ2n) is 13.0. The van der Waals surface area contributed by atoms with Crippen molar-refractivity contribution < 1.29 is 58.3 Å². The van der Waals surface area contributed by atoms with Gasteiger partial charge in [-0.2, -0.15) is 0 Å². The molecule has 0 aromatic rings. The van der Waals surface area contributed by atoms with Gasteiger partial charge in [0.2, 0.25) is 0 Å². The molecule has 1 aliphatic rings. The number of carbonyl (C=O) groups excluding carboxylic acids is 1. The Labute approximate surface area is 322 Å². The Balaban J connectivity index is 2.55. The molecule has 0 heterocycles. The highest BCUT2D eigenvalue weighted by atomic mass is 31.2. The van der Waals surface area contributed by atoms with Gasteiger partial charge in [-0.25, -0.2) is 4.57 Å². The maximum absolute atomic E-state index is 12.7. The second-order valence-corrected chi connectivity index (χ2v) is 14.4. The number of unbranched alkanes of at least 4 members (excludes halogenated alkanes) is 4. The first-order chi connectivity index (χ1) is 26.0. The van der Waals surface area contributed by atoms with E-state index in [9.17, 15) is 39.8 Å². The van der Waals surface area contributed by atoms with E-state index in [4.69, 9.17) is 18.5 Å². The van der Waals surface area contributed by atoms with Gasteiger partial charge in [-0.15, -0.1) is 0 Å². The number of aliphatic hydroxyl groups excluding tert-OH is 5. The number of hydrogen-bond donors (Lipinski definition) is 6. The lowest BCUT2D eigenvalue weighted by molar-refractivity contribution is -0.220. The van der Waals surface area contributed by atoms with Gasteiger partial charge < -0.3 is 39.9 Å². The summed E-state index contributed by atoms with van der Waals surface area (Å²) in [4.78, 5) is 23.0. The van der Waals surface area contributed by atoms with Crippen molar-refractivity contribution in [2.75, 3.05) is 19.8 Å². The molecular formula is C41H67O12P. The van der Waals surface area contributed by atoms with Crippen LogP contribution in [0.15, 0.2) is 85.1 Å². The number of allylic oxidation sites excluding steroid dienone is 14. The van der Waals surface area contributed by atoms with Gasteiger partial charge in [-0.1, -0.05) is 105 Å². The molecule has 308 valence electrons. The van der Waals surface area contributed by atoms with Crippen LogP contribution in [0.3, 0.4) is 0 Å². The van der Waals surface area contributed by atoms with E-state index < -0.39 is 63.1 Å². The number of phosphoric acid groups is 1. The molecule has 12 nitrogen and oxygen atoms in total. The molecule has 1 rings (SSSR count). The summed E-state index contributed by atoms with van der Waals surface area (Å²) in [5.41, 5.74) is 0. The standard InChI is InChI=1S/C41H67O12P/c1-3-5-7-9-11-13-15-17-19-21-23-25-27-29-31-50-32-34(33-51-54(48,49)53-41-39(46)37(44)36(43)38(45)40(41)47)52-35(42)30-28-26-24-22-20-18-16-14-12-10-8-6-4-2/h5-8,11-14,17-20,23,25,34,36-41,43-47H,3-4,9-10,15-16,21-22,24,26-33H2,1-2H3,(H,48,49)/b7-5-,8-6-,13-11-,14-12-,19-17-,20-18-,25-23-. The Morgan fingerprint density at radius 2 is 1.04 bits per heavy atom. The Morgan fingerprint density at radius 1 is 0.593 bits per heavy atom. The minimum atomic E-state index is -5.04. The van der Waals surface area contributed by atoms with Crippen LogP contribution in [0.5, 0.6) is 0 Å². The maximum atomic E-state index is 12.7. The van der Waals surface area contributed by atoms with Gasteiger partial charge >= 0.3 is 13.8 Å². The van der Waals surface area contributed by atoms with E-state index in [1.54, 1.807) is 0 Å². The van der Waals surface area contributed by atoms with Crippen LogP contribution in [-0.4, -0.2) is 98.9 Å². The molecule has 0 saturated heterocycles. The van der Waals surface area contributed by atoms with Crippen molar-refractivity contribution in [3.8, 4) is 0 Å². The summed E-state index contributed by atoms with van der Waals surface area (Å²) in [6.45, 7) is 3.80. The molecule has 1 saturated carbocycles. The van der Waals surface area contributed by atoms with E-state index in [0.717, 1.165) is 70.6 Å². The van der Waals surface area contributed by atoms with Gasteiger partial charge in [-0.05, 0) is 77.0 Å². The Bertz CT molecular complexity index is 1210. The molecule has 0 spiro atoms. The topological polar surface area (TPSA) is 192 Å². The Morgan fingerprint density at radius 3 is 1.54 bits per heavy atom. The summed E-state index contributed by atoms with van der Waals surface area (Å²) >= 11 is 0. The average Bonchev–Trinajstić information content (AvgIpc) is 3.15. The van der Waals surface area contributed by atoms with Crippen LogP contribution in [0, 0.1) is 0 Å². The zero-order valence-corrected chi connectivity index (χ0v) is 33.1. The highest BCUT2D eigenvalue weighted by Gasteiger charge is 2.51. The summed E-state index contributed by atoms with van der Waals surface area (Å²) in [5.74, 6) is -0.531. The number of aliphatic hydroxyl groups is 5. The van der Waals surface area contributed by atoms with Crippen LogP contribution in [0.1, 0.15) is 104 Å². The summed E-state index contributed by atoms with van der Waals surface area (Å²) in [5, 5.41) is 50.0. The normalized spacial score (nSPS) is 24.4. The van der Waals surface area contributed by atoms with Crippen LogP contribution in [0.25, 0.3) is 0 Å². The van der Waals surface area contributed by atoms with E-state index in [-0.39, 0.29) is 13.0 Å². The first-order valence-electron chi connectivity index (χ1n) is 19.4. The van der Waals surface area contributed by atoms with Gasteiger partial charge in [0, 0.05) is 13.0 Å². The molecule has 0 radical (unpaired) electrons. The fourth-order valence-corrected chi connectivity index (χ4v) is 6.17. The number of esters is 1. The zero-order valence-electron chi connectivity index (χ0n) is 32.2. The number of carbonyl (C=O) groups is 1. The number of ether oxygens (including phenoxy) is 2. The van der Waals surface area contributed by atoms with E-state index in [1.807, 2.05) is 0 Å². The van der Waals surface area contributed by atoms with Crippen LogP contribution in [-0.2, 0) is 27.9 Å². The summed E-state index contributed by atoms with van der Waals surface area (Å²) < 4.78 is 33.9. The van der Waals surface area contributed by atoms with E-state index in [1.165, 1.54) is 0 Å². The van der Waals surface area contributed by atoms with Gasteiger partial charge in [-0.3, -0.25) is 13.8 Å². The molecule has 13 heteroatoms. The van der Waals surface area contributed by atoms with Gasteiger partial charge in [0.15, 0.2) is 0 Å². The monoisotopic (exact) mass is 782 g/mol. The molecule has 0 aromatic carbocycles. The SMILES string of the molecule is CC/C=C\C/C=C\C/C=C\C/C=C\CCCOCC(COP(=O)(O)OC1C(O)C(O)C(O)C(O)C1O)OC(=O)CCCCC/C=C\C/C=C\C/C=C\CC. The number of hydrogen-bond acceptors (Lipinski definition) is 11. The largest absolute Gasteiger partial charge is 0.472 e. The fraction of sp³-hybridized carbons (Fsp3) is 0.634. The second kappa shape index (κ2) is 31.7. The van der Waals surface area contributed by atoms with Gasteiger partial charge in [0.25, 0.3) is 0 Å². The molecule has 6 N–H and O–H groups in total. The average molecular weight is 783 g/mol. The molecule has 0 aromatic heterocycles. The van der Waals surface area contributed by atoms with Crippen molar-refractivity contribution >= 4 is 13.8 Å². The van der Waals surface area contributed by atoms with Crippen molar-refractivity contribution in [2.24, 2.45) is 0 Å². The minimum absolute atomic E-state index is 0.131. The lowest BCUT2D eigenvalue weighted by Crippen LogP contribution is -2.64. The van der Waals surface area contributed by atoms with E-state index >= 15 is 0 Å². The van der Waals surface area contributed by atoms with Gasteiger partial charge in [0.1, 0.15) is 42.7 Å². The predicted molar refractivity (Wildman–Crippen MR) is 211 cm³/mol. The first-order valence-corrected chi connectivity index (χ1v) is 20.9. The van der Waals surface area contributed by atoms with Crippen molar-refractivity contribution in [2.45, 2.75) is 146 Å². The van der Waals surface area contributed by atoms with E-state index in [2.05, 4.69) is 98.9 Å². The summed E-state index contributed by atoms with van der Waals surface area (Å²) in [6.07, 6.45) is 28.2. The molecule has 6 unspecified atom stereocenters. The molecule has 0 bridgehead atoms. The molecule has 54 heavy (non-hydrogen) atoms. The molecule has 1 aliphatic carbocycles. The molecule has 0 amide bonds. The first kappa shape index (κ1) is 49.5. The number of phosphoric ester groups is 1. The molecule has 0 aliphatic heterocycles. The molecule has 1 fully saturated rings. The summed E-state index contributed by atoms with van der Waals surface area (Å²) in [6, 6.07) is 0. The smallest absolute Gasteiger partial charge is 0.457 e. The number of rotatable bonds is 30. The van der Waals surface area contributed by atoms with Crippen LogP contribution in [0.4, 0.5) is 0 Å². The lowest BCUT2D eigenvalue weighted by atomic mass is 9.85. The van der Waals surface area contributed by atoms with Crippen molar-refractivity contribution in [1.29, 1.82) is 0 Å². The van der Waals surface area contributed by atoms with Crippen molar-refractivity contribution in [3.63, 3.8) is 0 Å². The quantitative estimate of drug-likeness (QED) is 0.0198. The van der Waals surface area contributed by atoms with Crippen molar-refractivity contribution in [1.82, 2.24) is 0 Å². The van der Waals surface area contributed by atoms with E-state index in [0.29, 0.717) is 19.4 Å². The zero-order chi connectivity index (χ0) is 39.9. The molecular weight excluding hydrogens is 715 g/mol. The Kier molecular flexibility index (Phi) is 29.1. The lowest BCUT2D eigenvalue weighted by Gasteiger charge is -2.41. The molecule has 6 atom stereocenters. The van der Waals surface area contributed by atoms with Crippen LogP contribution in [0.2, 0.25) is 0 Å². The maximum Gasteiger partial charge on any atom is 0.472 e. The van der Waals surface area contributed by atoms with Crippen molar-refractivity contribution in [3.05, 3.63) is 85.1 Å². The Hall–Kier alpha value is -2.48. The van der Waals surface area contributed by atoms with Gasteiger partial charge in [0.05, 0.1) is 13.2 Å².